The number of carboxylic acids is 1. The highest BCUT2D eigenvalue weighted by Gasteiger charge is 2.42. The van der Waals surface area contributed by atoms with Crippen LogP contribution in [0, 0.1) is 17.3 Å². The molecule has 1 aliphatic heterocycles. The number of carbonyl (C=O) groups is 2. The lowest BCUT2D eigenvalue weighted by atomic mass is 9.79. The first-order chi connectivity index (χ1) is 9.42. The Bertz CT molecular complexity index is 376. The molecule has 0 aromatic carbocycles. The van der Waals surface area contributed by atoms with E-state index >= 15 is 0 Å². The topological polar surface area (TPSA) is 57.6 Å². The van der Waals surface area contributed by atoms with Crippen LogP contribution in [0.15, 0.2) is 0 Å². The SMILES string of the molecule is CC(CC(=O)N1CCC(C)(C(=O)O)C1)C1CCCCC1. The quantitative estimate of drug-likeness (QED) is 0.862. The molecule has 1 aliphatic carbocycles. The summed E-state index contributed by atoms with van der Waals surface area (Å²) in [5, 5.41) is 9.22. The Kier molecular flexibility index (Phi) is 4.71. The van der Waals surface area contributed by atoms with Gasteiger partial charge in [0.1, 0.15) is 0 Å². The molecule has 2 rings (SSSR count). The number of nitrogens with zero attached hydrogens (tertiary/aromatic N) is 1. The number of likely N-dealkylation sites (tertiary alicyclic amines) is 1. The van der Waals surface area contributed by atoms with Crippen LogP contribution in [0.4, 0.5) is 0 Å². The van der Waals surface area contributed by atoms with Gasteiger partial charge in [0.15, 0.2) is 0 Å². The molecule has 0 aromatic heterocycles. The molecule has 2 unspecified atom stereocenters. The number of carbonyl (C=O) groups excluding carboxylic acids is 1. The zero-order valence-electron chi connectivity index (χ0n) is 12.7. The van der Waals surface area contributed by atoms with Crippen molar-refractivity contribution in [3.05, 3.63) is 0 Å². The van der Waals surface area contributed by atoms with Gasteiger partial charge in [-0.25, -0.2) is 0 Å². The standard InChI is InChI=1S/C16H27NO3/c1-12(13-6-4-3-5-7-13)10-14(18)17-9-8-16(2,11-17)15(19)20/h12-13H,3-11H2,1-2H3,(H,19,20). The predicted octanol–water partition coefficient (Wildman–Crippen LogP) is 2.92. The van der Waals surface area contributed by atoms with Crippen molar-refractivity contribution in [3.8, 4) is 0 Å². The number of carboxylic acid groups (broad SMARTS) is 1. The van der Waals surface area contributed by atoms with E-state index in [0.717, 1.165) is 0 Å². The molecular formula is C16H27NO3. The van der Waals surface area contributed by atoms with Crippen LogP contribution in [-0.4, -0.2) is 35.0 Å². The van der Waals surface area contributed by atoms with E-state index in [1.165, 1.54) is 32.1 Å². The molecule has 2 aliphatic rings. The molecule has 4 heteroatoms. The van der Waals surface area contributed by atoms with E-state index in [1.807, 2.05) is 0 Å². The summed E-state index contributed by atoms with van der Waals surface area (Å²) in [6, 6.07) is 0. The largest absolute Gasteiger partial charge is 0.481 e. The van der Waals surface area contributed by atoms with E-state index in [-0.39, 0.29) is 5.91 Å². The molecule has 0 radical (unpaired) electrons. The molecule has 0 bridgehead atoms. The molecule has 2 fully saturated rings. The van der Waals surface area contributed by atoms with Crippen molar-refractivity contribution in [2.75, 3.05) is 13.1 Å². The minimum absolute atomic E-state index is 0.146. The average molecular weight is 281 g/mol. The Morgan fingerprint density at radius 2 is 1.95 bits per heavy atom. The van der Waals surface area contributed by atoms with Gasteiger partial charge in [-0.3, -0.25) is 9.59 Å². The Morgan fingerprint density at radius 3 is 2.50 bits per heavy atom. The van der Waals surface area contributed by atoms with E-state index < -0.39 is 11.4 Å². The summed E-state index contributed by atoms with van der Waals surface area (Å²) in [6.45, 7) is 4.89. The fourth-order valence-corrected chi connectivity index (χ4v) is 3.62. The first-order valence-corrected chi connectivity index (χ1v) is 7.93. The second-order valence-corrected chi connectivity index (χ2v) is 7.01. The van der Waals surface area contributed by atoms with Crippen LogP contribution in [0.3, 0.4) is 0 Å². The lowest BCUT2D eigenvalue weighted by Gasteiger charge is -2.29. The van der Waals surface area contributed by atoms with Crippen molar-refractivity contribution < 1.29 is 14.7 Å². The highest BCUT2D eigenvalue weighted by Crippen LogP contribution is 2.34. The van der Waals surface area contributed by atoms with E-state index in [4.69, 9.17) is 0 Å². The van der Waals surface area contributed by atoms with Crippen molar-refractivity contribution in [1.82, 2.24) is 4.90 Å². The van der Waals surface area contributed by atoms with Crippen molar-refractivity contribution in [2.45, 2.75) is 58.8 Å². The number of aliphatic carboxylic acids is 1. The molecule has 0 aromatic rings. The molecule has 1 saturated heterocycles. The van der Waals surface area contributed by atoms with Crippen molar-refractivity contribution in [3.63, 3.8) is 0 Å². The number of hydrogen-bond donors (Lipinski definition) is 1. The van der Waals surface area contributed by atoms with Crippen LogP contribution < -0.4 is 0 Å². The lowest BCUT2D eigenvalue weighted by molar-refractivity contribution is -0.147. The molecule has 1 N–H and O–H groups in total. The van der Waals surface area contributed by atoms with E-state index in [1.54, 1.807) is 11.8 Å². The second-order valence-electron chi connectivity index (χ2n) is 7.01. The van der Waals surface area contributed by atoms with Gasteiger partial charge in [0.25, 0.3) is 0 Å². The summed E-state index contributed by atoms with van der Waals surface area (Å²) >= 11 is 0. The van der Waals surface area contributed by atoms with Gasteiger partial charge in [-0.2, -0.15) is 0 Å². The van der Waals surface area contributed by atoms with Gasteiger partial charge in [-0.05, 0) is 25.2 Å². The number of amides is 1. The van der Waals surface area contributed by atoms with Gasteiger partial charge in [0.2, 0.25) is 5.91 Å². The normalized spacial score (nSPS) is 29.4. The number of rotatable bonds is 4. The van der Waals surface area contributed by atoms with Crippen LogP contribution in [0.2, 0.25) is 0 Å². The molecule has 114 valence electrons. The summed E-state index contributed by atoms with van der Waals surface area (Å²) in [4.78, 5) is 25.3. The van der Waals surface area contributed by atoms with Gasteiger partial charge >= 0.3 is 5.97 Å². The summed E-state index contributed by atoms with van der Waals surface area (Å²) in [5.74, 6) is 0.474. The minimum Gasteiger partial charge on any atom is -0.481 e. The van der Waals surface area contributed by atoms with E-state index in [9.17, 15) is 14.7 Å². The third-order valence-corrected chi connectivity index (χ3v) is 5.29. The van der Waals surface area contributed by atoms with E-state index in [0.29, 0.717) is 37.8 Å². The Hall–Kier alpha value is -1.06. The maximum absolute atomic E-state index is 12.3. The highest BCUT2D eigenvalue weighted by molar-refractivity contribution is 5.80. The van der Waals surface area contributed by atoms with Crippen LogP contribution in [-0.2, 0) is 9.59 Å². The zero-order chi connectivity index (χ0) is 14.8. The maximum Gasteiger partial charge on any atom is 0.311 e. The fourth-order valence-electron chi connectivity index (χ4n) is 3.62. The molecular weight excluding hydrogens is 254 g/mol. The molecule has 4 nitrogen and oxygen atoms in total. The molecule has 1 heterocycles. The average Bonchev–Trinajstić information content (AvgIpc) is 2.84. The fraction of sp³-hybridized carbons (Fsp3) is 0.875. The number of hydrogen-bond acceptors (Lipinski definition) is 2. The molecule has 0 spiro atoms. The predicted molar refractivity (Wildman–Crippen MR) is 77.3 cm³/mol. The summed E-state index contributed by atoms with van der Waals surface area (Å²) < 4.78 is 0. The second kappa shape index (κ2) is 6.15. The summed E-state index contributed by atoms with van der Waals surface area (Å²) in [7, 11) is 0. The Labute approximate surface area is 121 Å². The Morgan fingerprint density at radius 1 is 1.30 bits per heavy atom. The van der Waals surface area contributed by atoms with Gasteiger partial charge in [-0.1, -0.05) is 39.0 Å². The maximum atomic E-state index is 12.3. The van der Waals surface area contributed by atoms with Gasteiger partial charge < -0.3 is 10.0 Å². The monoisotopic (exact) mass is 281 g/mol. The van der Waals surface area contributed by atoms with Crippen molar-refractivity contribution in [1.29, 1.82) is 0 Å². The summed E-state index contributed by atoms with van der Waals surface area (Å²) in [6.07, 6.45) is 7.59. The van der Waals surface area contributed by atoms with Gasteiger partial charge in [0, 0.05) is 19.5 Å². The van der Waals surface area contributed by atoms with Crippen molar-refractivity contribution in [2.24, 2.45) is 17.3 Å². The molecule has 2 atom stereocenters. The third-order valence-electron chi connectivity index (χ3n) is 5.29. The van der Waals surface area contributed by atoms with Crippen LogP contribution >= 0.6 is 0 Å². The molecule has 20 heavy (non-hydrogen) atoms. The Balaban J connectivity index is 1.84. The van der Waals surface area contributed by atoms with Crippen molar-refractivity contribution >= 4 is 11.9 Å². The lowest BCUT2D eigenvalue weighted by Crippen LogP contribution is -2.36. The minimum atomic E-state index is -0.784. The molecule has 1 saturated carbocycles. The third kappa shape index (κ3) is 3.33. The first kappa shape index (κ1) is 15.3. The smallest absolute Gasteiger partial charge is 0.311 e. The van der Waals surface area contributed by atoms with Crippen LogP contribution in [0.25, 0.3) is 0 Å². The van der Waals surface area contributed by atoms with Gasteiger partial charge in [0.05, 0.1) is 5.41 Å². The zero-order valence-corrected chi connectivity index (χ0v) is 12.7. The van der Waals surface area contributed by atoms with Gasteiger partial charge in [-0.15, -0.1) is 0 Å². The summed E-state index contributed by atoms with van der Waals surface area (Å²) in [5.41, 5.74) is -0.746. The van der Waals surface area contributed by atoms with Crippen LogP contribution in [0.1, 0.15) is 58.8 Å². The van der Waals surface area contributed by atoms with Crippen LogP contribution in [0.5, 0.6) is 0 Å². The first-order valence-electron chi connectivity index (χ1n) is 7.93. The highest BCUT2D eigenvalue weighted by atomic mass is 16.4. The van der Waals surface area contributed by atoms with E-state index in [2.05, 4.69) is 6.92 Å². The molecule has 1 amide bonds.